The van der Waals surface area contributed by atoms with Crippen LogP contribution in [-0.2, 0) is 12.8 Å². The molecule has 0 spiro atoms. The Kier molecular flexibility index (Phi) is 3.51. The van der Waals surface area contributed by atoms with Crippen molar-refractivity contribution < 1.29 is 4.42 Å². The predicted octanol–water partition coefficient (Wildman–Crippen LogP) is 1.96. The Morgan fingerprint density at radius 1 is 1.50 bits per heavy atom. The Bertz CT molecular complexity index is 760. The van der Waals surface area contributed by atoms with E-state index in [9.17, 15) is 4.79 Å². The summed E-state index contributed by atoms with van der Waals surface area (Å²) in [6, 6.07) is 5.32. The summed E-state index contributed by atoms with van der Waals surface area (Å²) in [6.45, 7) is 2.67. The maximum absolute atomic E-state index is 11.9. The van der Waals surface area contributed by atoms with Crippen molar-refractivity contribution in [2.45, 2.75) is 19.8 Å². The van der Waals surface area contributed by atoms with Crippen LogP contribution in [0.15, 0.2) is 33.7 Å². The average Bonchev–Trinajstić information content (AvgIpc) is 3.08. The van der Waals surface area contributed by atoms with Gasteiger partial charge in [-0.3, -0.25) is 4.79 Å². The Morgan fingerprint density at radius 2 is 2.40 bits per heavy atom. The molecule has 1 N–H and O–H groups in total. The van der Waals surface area contributed by atoms with Crippen molar-refractivity contribution >= 4 is 21.4 Å². The first-order chi connectivity index (χ1) is 9.76. The van der Waals surface area contributed by atoms with E-state index in [0.29, 0.717) is 16.6 Å². The molecule has 3 rings (SSSR count). The number of hydrogen-bond acceptors (Lipinski definition) is 6. The lowest BCUT2D eigenvalue weighted by atomic mass is 10.3. The molecule has 0 unspecified atom stereocenters. The molecule has 0 saturated carbocycles. The summed E-state index contributed by atoms with van der Waals surface area (Å²) < 4.78 is 6.59. The van der Waals surface area contributed by atoms with Crippen molar-refractivity contribution in [1.82, 2.24) is 14.6 Å². The third-order valence-corrected chi connectivity index (χ3v) is 3.75. The van der Waals surface area contributed by atoms with E-state index >= 15 is 0 Å². The lowest BCUT2D eigenvalue weighted by molar-refractivity contribution is 0.513. The molecule has 104 valence electrons. The lowest BCUT2D eigenvalue weighted by Crippen LogP contribution is -2.15. The van der Waals surface area contributed by atoms with Crippen molar-refractivity contribution in [2.75, 3.05) is 11.9 Å². The van der Waals surface area contributed by atoms with Crippen molar-refractivity contribution in [3.63, 3.8) is 0 Å². The van der Waals surface area contributed by atoms with Crippen LogP contribution in [0.25, 0.3) is 4.96 Å². The van der Waals surface area contributed by atoms with E-state index in [4.69, 9.17) is 4.42 Å². The molecule has 6 nitrogen and oxygen atoms in total. The minimum atomic E-state index is -0.137. The number of aryl methyl sites for hydroxylation is 1. The van der Waals surface area contributed by atoms with Crippen LogP contribution < -0.4 is 10.9 Å². The standard InChI is InChI=1S/C13H14N4O2S/c1-2-9-8-11(18)17-13(15-9)20-12(16-17)14-6-5-10-4-3-7-19-10/h3-4,7-8H,2,5-6H2,1H3,(H,14,16). The molecule has 7 heteroatoms. The number of rotatable bonds is 5. The largest absolute Gasteiger partial charge is 0.469 e. The van der Waals surface area contributed by atoms with Gasteiger partial charge in [0, 0.05) is 24.7 Å². The van der Waals surface area contributed by atoms with Gasteiger partial charge in [0.1, 0.15) is 5.76 Å². The molecule has 0 fully saturated rings. The SMILES string of the molecule is CCc1cc(=O)n2nc(NCCc3ccco3)sc2n1. The first-order valence-electron chi connectivity index (χ1n) is 6.42. The van der Waals surface area contributed by atoms with Gasteiger partial charge in [0.15, 0.2) is 0 Å². The van der Waals surface area contributed by atoms with Gasteiger partial charge in [0.05, 0.1) is 6.26 Å². The summed E-state index contributed by atoms with van der Waals surface area (Å²) in [6.07, 6.45) is 3.17. The minimum absolute atomic E-state index is 0.137. The molecule has 0 bridgehead atoms. The van der Waals surface area contributed by atoms with Gasteiger partial charge in [0.2, 0.25) is 10.1 Å². The van der Waals surface area contributed by atoms with Gasteiger partial charge < -0.3 is 9.73 Å². The molecular weight excluding hydrogens is 276 g/mol. The highest BCUT2D eigenvalue weighted by atomic mass is 32.1. The highest BCUT2D eigenvalue weighted by Crippen LogP contribution is 2.16. The number of nitrogens with zero attached hydrogens (tertiary/aromatic N) is 3. The number of anilines is 1. The highest BCUT2D eigenvalue weighted by molar-refractivity contribution is 7.20. The van der Waals surface area contributed by atoms with Crippen LogP contribution >= 0.6 is 11.3 Å². The lowest BCUT2D eigenvalue weighted by Gasteiger charge is -1.98. The van der Waals surface area contributed by atoms with Crippen LogP contribution in [-0.4, -0.2) is 21.1 Å². The molecule has 0 amide bonds. The quantitative estimate of drug-likeness (QED) is 0.777. The highest BCUT2D eigenvalue weighted by Gasteiger charge is 2.08. The normalized spacial score (nSPS) is 11.1. The van der Waals surface area contributed by atoms with Gasteiger partial charge in [0.25, 0.3) is 5.56 Å². The van der Waals surface area contributed by atoms with Crippen LogP contribution in [0.1, 0.15) is 18.4 Å². The maximum atomic E-state index is 11.9. The third-order valence-electron chi connectivity index (χ3n) is 2.89. The zero-order valence-corrected chi connectivity index (χ0v) is 11.8. The molecule has 3 aromatic heterocycles. The van der Waals surface area contributed by atoms with E-state index in [1.807, 2.05) is 19.1 Å². The van der Waals surface area contributed by atoms with Gasteiger partial charge in [-0.25, -0.2) is 4.98 Å². The molecule has 3 heterocycles. The summed E-state index contributed by atoms with van der Waals surface area (Å²) >= 11 is 1.38. The molecular formula is C13H14N4O2S. The summed E-state index contributed by atoms with van der Waals surface area (Å²) in [7, 11) is 0. The number of nitrogens with one attached hydrogen (secondary N) is 1. The van der Waals surface area contributed by atoms with E-state index in [0.717, 1.165) is 24.3 Å². The molecule has 0 aliphatic rings. The fourth-order valence-electron chi connectivity index (χ4n) is 1.86. The van der Waals surface area contributed by atoms with E-state index < -0.39 is 0 Å². The molecule has 0 radical (unpaired) electrons. The Hall–Kier alpha value is -2.15. The van der Waals surface area contributed by atoms with Gasteiger partial charge in [-0.1, -0.05) is 18.3 Å². The van der Waals surface area contributed by atoms with E-state index in [2.05, 4.69) is 15.4 Å². The number of aromatic nitrogens is 3. The Labute approximate surface area is 119 Å². The van der Waals surface area contributed by atoms with Crippen molar-refractivity contribution in [3.05, 3.63) is 46.3 Å². The molecule has 20 heavy (non-hydrogen) atoms. The van der Waals surface area contributed by atoms with Crippen molar-refractivity contribution in [3.8, 4) is 0 Å². The second-order valence-corrected chi connectivity index (χ2v) is 5.25. The Balaban J connectivity index is 1.75. The zero-order valence-electron chi connectivity index (χ0n) is 11.0. The predicted molar refractivity (Wildman–Crippen MR) is 77.4 cm³/mol. The topological polar surface area (TPSA) is 72.4 Å². The van der Waals surface area contributed by atoms with Crippen LogP contribution in [0.4, 0.5) is 5.13 Å². The fraction of sp³-hybridized carbons (Fsp3) is 0.308. The Morgan fingerprint density at radius 3 is 3.15 bits per heavy atom. The smallest absolute Gasteiger partial charge is 0.275 e. The van der Waals surface area contributed by atoms with Crippen LogP contribution in [0.3, 0.4) is 0 Å². The molecule has 0 aliphatic carbocycles. The minimum Gasteiger partial charge on any atom is -0.469 e. The summed E-state index contributed by atoms with van der Waals surface area (Å²) in [5.41, 5.74) is 0.656. The van der Waals surface area contributed by atoms with Crippen LogP contribution in [0, 0.1) is 0 Å². The van der Waals surface area contributed by atoms with E-state index in [-0.39, 0.29) is 5.56 Å². The summed E-state index contributed by atoms with van der Waals surface area (Å²) in [5, 5.41) is 8.10. The van der Waals surface area contributed by atoms with Crippen LogP contribution in [0.2, 0.25) is 0 Å². The van der Waals surface area contributed by atoms with Gasteiger partial charge in [-0.15, -0.1) is 5.10 Å². The van der Waals surface area contributed by atoms with Gasteiger partial charge >= 0.3 is 0 Å². The molecule has 0 aromatic carbocycles. The molecule has 0 atom stereocenters. The molecule has 3 aromatic rings. The van der Waals surface area contributed by atoms with Crippen LogP contribution in [0.5, 0.6) is 0 Å². The first-order valence-corrected chi connectivity index (χ1v) is 7.24. The number of furan rings is 1. The molecule has 0 aliphatic heterocycles. The number of hydrogen-bond donors (Lipinski definition) is 1. The van der Waals surface area contributed by atoms with Gasteiger partial charge in [-0.05, 0) is 18.6 Å². The van der Waals surface area contributed by atoms with E-state index in [1.54, 1.807) is 6.26 Å². The van der Waals surface area contributed by atoms with E-state index in [1.165, 1.54) is 21.9 Å². The fourth-order valence-corrected chi connectivity index (χ4v) is 2.71. The van der Waals surface area contributed by atoms with Gasteiger partial charge in [-0.2, -0.15) is 4.52 Å². The second kappa shape index (κ2) is 5.46. The average molecular weight is 290 g/mol. The zero-order chi connectivity index (χ0) is 13.9. The second-order valence-electron chi connectivity index (χ2n) is 4.30. The number of fused-ring (bicyclic) bond motifs is 1. The summed E-state index contributed by atoms with van der Waals surface area (Å²) in [4.78, 5) is 16.9. The monoisotopic (exact) mass is 290 g/mol. The first kappa shape index (κ1) is 12.9. The summed E-state index contributed by atoms with van der Waals surface area (Å²) in [5.74, 6) is 0.919. The maximum Gasteiger partial charge on any atom is 0.275 e. The van der Waals surface area contributed by atoms with Crippen molar-refractivity contribution in [2.24, 2.45) is 0 Å². The van der Waals surface area contributed by atoms with Crippen molar-refractivity contribution in [1.29, 1.82) is 0 Å². The third kappa shape index (κ3) is 2.57. The molecule has 0 saturated heterocycles.